The summed E-state index contributed by atoms with van der Waals surface area (Å²) in [7, 11) is 0. The van der Waals surface area contributed by atoms with Gasteiger partial charge in [-0.15, -0.1) is 0 Å². The van der Waals surface area contributed by atoms with Crippen LogP contribution >= 0.6 is 0 Å². The molecule has 0 fully saturated rings. The number of carbonyl (C=O) groups is 2. The first-order valence-corrected chi connectivity index (χ1v) is 10.3. The summed E-state index contributed by atoms with van der Waals surface area (Å²) in [6.07, 6.45) is 0. The van der Waals surface area contributed by atoms with E-state index < -0.39 is 0 Å². The fourth-order valence-corrected chi connectivity index (χ4v) is 3.37. The van der Waals surface area contributed by atoms with E-state index >= 15 is 0 Å². The zero-order valence-electron chi connectivity index (χ0n) is 17.5. The Morgan fingerprint density at radius 2 is 1.42 bits per heavy atom. The Balaban J connectivity index is 1.72. The highest BCUT2D eigenvalue weighted by Gasteiger charge is 2.40. The molecule has 0 saturated carbocycles. The van der Waals surface area contributed by atoms with Crippen LogP contribution in [-0.2, 0) is 9.59 Å². The molecule has 1 aliphatic rings. The molecule has 0 radical (unpaired) electrons. The minimum Gasteiger partial charge on any atom is -0.493 e. The van der Waals surface area contributed by atoms with E-state index in [-0.39, 0.29) is 17.5 Å². The van der Waals surface area contributed by atoms with Gasteiger partial charge in [-0.25, -0.2) is 4.90 Å². The van der Waals surface area contributed by atoms with Crippen molar-refractivity contribution >= 4 is 28.8 Å². The van der Waals surface area contributed by atoms with Crippen LogP contribution in [-0.4, -0.2) is 18.4 Å². The largest absolute Gasteiger partial charge is 0.493 e. The molecule has 4 rings (SSSR count). The molecule has 5 nitrogen and oxygen atoms in total. The molecule has 156 valence electrons. The Kier molecular flexibility index (Phi) is 5.85. The number of carbonyl (C=O) groups excluding carboxylic acids is 2. The van der Waals surface area contributed by atoms with Gasteiger partial charge in [-0.05, 0) is 47.9 Å². The van der Waals surface area contributed by atoms with E-state index in [1.54, 1.807) is 24.3 Å². The highest BCUT2D eigenvalue weighted by molar-refractivity contribution is 6.46. The quantitative estimate of drug-likeness (QED) is 0.548. The summed E-state index contributed by atoms with van der Waals surface area (Å²) in [5, 5.41) is 3.16. The van der Waals surface area contributed by atoms with Crippen LogP contribution in [0, 0.1) is 5.92 Å². The molecule has 0 bridgehead atoms. The Labute approximate surface area is 182 Å². The molecule has 3 aromatic carbocycles. The third kappa shape index (κ3) is 4.36. The summed E-state index contributed by atoms with van der Waals surface area (Å²) < 4.78 is 5.75. The second kappa shape index (κ2) is 8.88. The molecular formula is C26H24N2O3. The molecule has 0 unspecified atom stereocenters. The standard InChI is InChI=1S/C26H24N2O3/c1-18(2)17-31-22-15-13-19(14-16-22)23-24(27-20-9-5-3-6-10-20)26(30)28(25(23)29)21-11-7-4-8-12-21/h3-16,18,27H,17H2,1-2H3. The van der Waals surface area contributed by atoms with Gasteiger partial charge >= 0.3 is 0 Å². The molecule has 3 aromatic rings. The van der Waals surface area contributed by atoms with Crippen molar-refractivity contribution in [3.05, 3.63) is 96.2 Å². The van der Waals surface area contributed by atoms with Crippen LogP contribution in [0.1, 0.15) is 19.4 Å². The average Bonchev–Trinajstić information content (AvgIpc) is 3.03. The zero-order chi connectivity index (χ0) is 21.8. The van der Waals surface area contributed by atoms with Crippen molar-refractivity contribution < 1.29 is 14.3 Å². The van der Waals surface area contributed by atoms with Crippen LogP contribution in [0.25, 0.3) is 5.57 Å². The predicted molar refractivity (Wildman–Crippen MR) is 123 cm³/mol. The van der Waals surface area contributed by atoms with Crippen molar-refractivity contribution in [3.63, 3.8) is 0 Å². The fourth-order valence-electron chi connectivity index (χ4n) is 3.37. The average molecular weight is 412 g/mol. The Bertz CT molecular complexity index is 1100. The molecule has 0 aliphatic carbocycles. The SMILES string of the molecule is CC(C)COc1ccc(C2=C(Nc3ccccc3)C(=O)N(c3ccccc3)C2=O)cc1. The molecule has 1 aliphatic heterocycles. The summed E-state index contributed by atoms with van der Waals surface area (Å²) in [5.74, 6) is 0.408. The number of rotatable bonds is 7. The number of nitrogens with zero attached hydrogens (tertiary/aromatic N) is 1. The lowest BCUT2D eigenvalue weighted by molar-refractivity contribution is -0.120. The summed E-state index contributed by atoms with van der Waals surface area (Å²) >= 11 is 0. The number of anilines is 2. The van der Waals surface area contributed by atoms with Gasteiger partial charge in [0.05, 0.1) is 17.9 Å². The van der Waals surface area contributed by atoms with Gasteiger partial charge in [-0.3, -0.25) is 9.59 Å². The topological polar surface area (TPSA) is 58.6 Å². The number of para-hydroxylation sites is 2. The second-order valence-corrected chi connectivity index (χ2v) is 7.75. The van der Waals surface area contributed by atoms with Crippen molar-refractivity contribution in [3.8, 4) is 5.75 Å². The second-order valence-electron chi connectivity index (χ2n) is 7.75. The van der Waals surface area contributed by atoms with E-state index in [2.05, 4.69) is 19.2 Å². The van der Waals surface area contributed by atoms with Gasteiger partial charge in [-0.2, -0.15) is 0 Å². The molecule has 1 heterocycles. The van der Waals surface area contributed by atoms with E-state index in [0.29, 0.717) is 29.3 Å². The number of amides is 2. The minimum absolute atomic E-state index is 0.260. The maximum atomic E-state index is 13.4. The van der Waals surface area contributed by atoms with E-state index in [4.69, 9.17) is 4.74 Å². The van der Waals surface area contributed by atoms with Gasteiger partial charge in [0.2, 0.25) is 0 Å². The maximum Gasteiger partial charge on any atom is 0.282 e. The van der Waals surface area contributed by atoms with Crippen LogP contribution in [0.2, 0.25) is 0 Å². The minimum atomic E-state index is -0.379. The first-order chi connectivity index (χ1) is 15.0. The lowest BCUT2D eigenvalue weighted by atomic mass is 10.0. The number of hydrogen-bond acceptors (Lipinski definition) is 4. The molecular weight excluding hydrogens is 388 g/mol. The number of imide groups is 1. The van der Waals surface area contributed by atoms with Crippen molar-refractivity contribution in [2.75, 3.05) is 16.8 Å². The Morgan fingerprint density at radius 1 is 0.806 bits per heavy atom. The van der Waals surface area contributed by atoms with Crippen molar-refractivity contribution in [2.24, 2.45) is 5.92 Å². The highest BCUT2D eigenvalue weighted by atomic mass is 16.5. The Hall–Kier alpha value is -3.86. The normalized spacial score (nSPS) is 13.8. The lowest BCUT2D eigenvalue weighted by Gasteiger charge is -2.15. The predicted octanol–water partition coefficient (Wildman–Crippen LogP) is 5.12. The van der Waals surface area contributed by atoms with Gasteiger partial charge in [-0.1, -0.05) is 62.4 Å². The molecule has 1 N–H and O–H groups in total. The molecule has 2 amide bonds. The van der Waals surface area contributed by atoms with Crippen LogP contribution in [0.5, 0.6) is 5.75 Å². The number of benzene rings is 3. The maximum absolute atomic E-state index is 13.4. The van der Waals surface area contributed by atoms with Crippen molar-refractivity contribution in [2.45, 2.75) is 13.8 Å². The van der Waals surface area contributed by atoms with Gasteiger partial charge in [0.15, 0.2) is 0 Å². The van der Waals surface area contributed by atoms with Crippen LogP contribution in [0.4, 0.5) is 11.4 Å². The molecule has 5 heteroatoms. The van der Waals surface area contributed by atoms with Crippen LogP contribution < -0.4 is 15.0 Å². The fraction of sp³-hybridized carbons (Fsp3) is 0.154. The number of nitrogens with one attached hydrogen (secondary N) is 1. The number of hydrogen-bond donors (Lipinski definition) is 1. The molecule has 0 saturated heterocycles. The van der Waals surface area contributed by atoms with Crippen molar-refractivity contribution in [1.82, 2.24) is 0 Å². The van der Waals surface area contributed by atoms with Gasteiger partial charge < -0.3 is 10.1 Å². The smallest absolute Gasteiger partial charge is 0.282 e. The van der Waals surface area contributed by atoms with Gasteiger partial charge in [0, 0.05) is 5.69 Å². The van der Waals surface area contributed by atoms with E-state index in [1.807, 2.05) is 60.7 Å². The molecule has 0 atom stereocenters. The molecule has 0 spiro atoms. The summed E-state index contributed by atoms with van der Waals surface area (Å²) in [5.41, 5.74) is 2.54. The summed E-state index contributed by atoms with van der Waals surface area (Å²) in [6, 6.07) is 25.6. The third-order valence-corrected chi connectivity index (χ3v) is 4.87. The zero-order valence-corrected chi connectivity index (χ0v) is 17.5. The third-order valence-electron chi connectivity index (χ3n) is 4.87. The summed E-state index contributed by atoms with van der Waals surface area (Å²) in [6.45, 7) is 4.78. The van der Waals surface area contributed by atoms with E-state index in [9.17, 15) is 9.59 Å². The van der Waals surface area contributed by atoms with Crippen LogP contribution in [0.3, 0.4) is 0 Å². The highest BCUT2D eigenvalue weighted by Crippen LogP contribution is 2.34. The monoisotopic (exact) mass is 412 g/mol. The van der Waals surface area contributed by atoms with Crippen molar-refractivity contribution in [1.29, 1.82) is 0 Å². The molecule has 31 heavy (non-hydrogen) atoms. The van der Waals surface area contributed by atoms with Gasteiger partial charge in [0.1, 0.15) is 11.4 Å². The van der Waals surface area contributed by atoms with Gasteiger partial charge in [0.25, 0.3) is 11.8 Å². The van der Waals surface area contributed by atoms with E-state index in [0.717, 1.165) is 11.4 Å². The summed E-state index contributed by atoms with van der Waals surface area (Å²) in [4.78, 5) is 27.9. The lowest BCUT2D eigenvalue weighted by Crippen LogP contribution is -2.32. The molecule has 0 aromatic heterocycles. The van der Waals surface area contributed by atoms with Crippen LogP contribution in [0.15, 0.2) is 90.6 Å². The first kappa shape index (κ1) is 20.4. The Morgan fingerprint density at radius 3 is 2.03 bits per heavy atom. The van der Waals surface area contributed by atoms with E-state index in [1.165, 1.54) is 4.90 Å². The number of ether oxygens (including phenoxy) is 1. The first-order valence-electron chi connectivity index (χ1n) is 10.3.